The highest BCUT2D eigenvalue weighted by Gasteiger charge is 2.44. The Morgan fingerprint density at radius 2 is 1.76 bits per heavy atom. The lowest BCUT2D eigenvalue weighted by Crippen LogP contribution is -2.54. The van der Waals surface area contributed by atoms with Crippen molar-refractivity contribution in [3.8, 4) is 0 Å². The minimum Gasteiger partial charge on any atom is -0.383 e. The molecule has 0 saturated carbocycles. The Hall–Kier alpha value is -2.82. The van der Waals surface area contributed by atoms with Crippen LogP contribution in [0.4, 0.5) is 5.69 Å². The Labute approximate surface area is 167 Å². The van der Waals surface area contributed by atoms with Crippen molar-refractivity contribution in [2.75, 3.05) is 44.8 Å². The zero-order chi connectivity index (χ0) is 20.8. The summed E-state index contributed by atoms with van der Waals surface area (Å²) in [6.45, 7) is 2.86. The summed E-state index contributed by atoms with van der Waals surface area (Å²) in [5.41, 5.74) is 6.47. The van der Waals surface area contributed by atoms with Crippen molar-refractivity contribution < 1.29 is 28.7 Å². The number of benzene rings is 1. The number of fused-ring (bicyclic) bond motifs is 1. The zero-order valence-electron chi connectivity index (χ0n) is 15.9. The Kier molecular flexibility index (Phi) is 6.91. The number of carbonyl (C=O) groups is 4. The minimum absolute atomic E-state index is 0.0912. The molecule has 4 amide bonds. The summed E-state index contributed by atoms with van der Waals surface area (Å²) < 4.78 is 10.6. The predicted molar refractivity (Wildman–Crippen MR) is 102 cm³/mol. The van der Waals surface area contributed by atoms with Gasteiger partial charge in [-0.05, 0) is 24.6 Å². The molecule has 4 N–H and O–H groups in total. The highest BCUT2D eigenvalue weighted by Crippen LogP contribution is 2.29. The number of amides is 4. The van der Waals surface area contributed by atoms with Gasteiger partial charge in [0, 0.05) is 25.2 Å². The van der Waals surface area contributed by atoms with Crippen LogP contribution in [0.3, 0.4) is 0 Å². The molecule has 156 valence electrons. The lowest BCUT2D eigenvalue weighted by atomic mass is 10.0. The lowest BCUT2D eigenvalue weighted by Gasteiger charge is -2.27. The number of ether oxygens (including phenoxy) is 2. The molecule has 0 spiro atoms. The number of carbonyl (C=O) groups excluding carboxylic acids is 4. The number of piperidine rings is 1. The van der Waals surface area contributed by atoms with Crippen LogP contribution >= 0.6 is 0 Å². The summed E-state index contributed by atoms with van der Waals surface area (Å²) in [6.07, 6.45) is 0.224. The smallest absolute Gasteiger partial charge is 0.262 e. The Morgan fingerprint density at radius 1 is 1.03 bits per heavy atom. The van der Waals surface area contributed by atoms with Crippen molar-refractivity contribution in [1.82, 2.24) is 10.2 Å². The third-order valence-electron chi connectivity index (χ3n) is 4.65. The fourth-order valence-corrected chi connectivity index (χ4v) is 3.25. The molecule has 1 aromatic carbocycles. The zero-order valence-corrected chi connectivity index (χ0v) is 15.9. The number of hydrogen-bond donors (Lipinski definition) is 3. The number of rotatable bonds is 10. The van der Waals surface area contributed by atoms with Gasteiger partial charge >= 0.3 is 0 Å². The summed E-state index contributed by atoms with van der Waals surface area (Å²) in [7, 11) is 0. The molecule has 1 aromatic rings. The van der Waals surface area contributed by atoms with E-state index in [4.69, 9.17) is 15.2 Å². The highest BCUT2D eigenvalue weighted by atomic mass is 16.5. The maximum Gasteiger partial charge on any atom is 0.262 e. The van der Waals surface area contributed by atoms with Crippen molar-refractivity contribution in [2.24, 2.45) is 5.73 Å². The number of nitrogens with two attached hydrogens (primary N) is 1. The van der Waals surface area contributed by atoms with E-state index in [2.05, 4.69) is 10.6 Å². The molecule has 0 aromatic heterocycles. The van der Waals surface area contributed by atoms with E-state index >= 15 is 0 Å². The second kappa shape index (κ2) is 9.59. The van der Waals surface area contributed by atoms with Crippen LogP contribution in [0.25, 0.3) is 0 Å². The molecule has 1 saturated heterocycles. The van der Waals surface area contributed by atoms with Crippen molar-refractivity contribution >= 4 is 29.3 Å². The maximum atomic E-state index is 12.8. The molecule has 2 heterocycles. The van der Waals surface area contributed by atoms with E-state index in [9.17, 15) is 19.2 Å². The monoisotopic (exact) mass is 404 g/mol. The van der Waals surface area contributed by atoms with Crippen molar-refractivity contribution in [2.45, 2.75) is 18.9 Å². The number of nitrogens with one attached hydrogen (secondary N) is 2. The quantitative estimate of drug-likeness (QED) is 0.350. The van der Waals surface area contributed by atoms with Crippen LogP contribution in [-0.2, 0) is 19.1 Å². The normalized spacial score (nSPS) is 18.8. The molecule has 1 unspecified atom stereocenters. The molecule has 2 aliphatic rings. The lowest BCUT2D eigenvalue weighted by molar-refractivity contribution is -0.136. The molecule has 10 heteroatoms. The number of hydrogen-bond acceptors (Lipinski definition) is 8. The first-order valence-corrected chi connectivity index (χ1v) is 9.48. The fraction of sp³-hybridized carbons (Fsp3) is 0.474. The van der Waals surface area contributed by atoms with Gasteiger partial charge in [-0.2, -0.15) is 0 Å². The van der Waals surface area contributed by atoms with Crippen LogP contribution < -0.4 is 16.4 Å². The van der Waals surface area contributed by atoms with E-state index in [0.29, 0.717) is 45.2 Å². The first kappa shape index (κ1) is 20.9. The summed E-state index contributed by atoms with van der Waals surface area (Å²) in [5.74, 6) is -2.08. The van der Waals surface area contributed by atoms with Crippen LogP contribution in [0.5, 0.6) is 0 Å². The molecule has 1 atom stereocenters. The molecule has 2 aliphatic heterocycles. The molecule has 10 nitrogen and oxygen atoms in total. The van der Waals surface area contributed by atoms with E-state index in [0.717, 1.165) is 4.90 Å². The Morgan fingerprint density at radius 3 is 2.48 bits per heavy atom. The van der Waals surface area contributed by atoms with E-state index in [1.165, 1.54) is 0 Å². The van der Waals surface area contributed by atoms with Crippen LogP contribution in [0, 0.1) is 0 Å². The molecule has 3 rings (SSSR count). The van der Waals surface area contributed by atoms with E-state index in [1.54, 1.807) is 18.2 Å². The van der Waals surface area contributed by atoms with Gasteiger partial charge in [-0.25, -0.2) is 0 Å². The molecule has 0 radical (unpaired) electrons. The first-order chi connectivity index (χ1) is 14.0. The highest BCUT2D eigenvalue weighted by molar-refractivity contribution is 6.23. The van der Waals surface area contributed by atoms with Gasteiger partial charge in [-0.1, -0.05) is 0 Å². The van der Waals surface area contributed by atoms with Gasteiger partial charge < -0.3 is 20.5 Å². The van der Waals surface area contributed by atoms with Gasteiger partial charge in [0.05, 0.1) is 37.6 Å². The van der Waals surface area contributed by atoms with Crippen molar-refractivity contribution in [1.29, 1.82) is 0 Å². The van der Waals surface area contributed by atoms with Crippen molar-refractivity contribution in [3.05, 3.63) is 29.3 Å². The molecular weight excluding hydrogens is 380 g/mol. The molecule has 0 aliphatic carbocycles. The molecule has 29 heavy (non-hydrogen) atoms. The number of anilines is 1. The van der Waals surface area contributed by atoms with Gasteiger partial charge in [-0.3, -0.25) is 29.4 Å². The second-order valence-corrected chi connectivity index (χ2v) is 6.65. The fourth-order valence-electron chi connectivity index (χ4n) is 3.25. The molecular formula is C19H24N4O6. The van der Waals surface area contributed by atoms with Gasteiger partial charge in [0.15, 0.2) is 0 Å². The average Bonchev–Trinajstić information content (AvgIpc) is 2.94. The SMILES string of the molecule is NCCOCCOCCNc1ccc2c(c1)C(=O)N(C1CCC(=O)NC1=O)C2=O. The van der Waals surface area contributed by atoms with Crippen LogP contribution in [0.1, 0.15) is 33.6 Å². The van der Waals surface area contributed by atoms with Gasteiger partial charge in [0.1, 0.15) is 6.04 Å². The minimum atomic E-state index is -0.966. The number of imide groups is 2. The standard InChI is InChI=1S/C19H24N4O6/c20-5-7-28-9-10-29-8-6-21-12-1-2-13-14(11-12)19(27)23(18(13)26)15-3-4-16(24)22-17(15)25/h1-2,11,15,21H,3-10,20H2,(H,22,24,25). The summed E-state index contributed by atoms with van der Waals surface area (Å²) in [4.78, 5) is 49.7. The van der Waals surface area contributed by atoms with Crippen LogP contribution in [0.2, 0.25) is 0 Å². The molecule has 1 fully saturated rings. The third kappa shape index (κ3) is 4.78. The van der Waals surface area contributed by atoms with Crippen molar-refractivity contribution in [3.63, 3.8) is 0 Å². The molecule has 0 bridgehead atoms. The summed E-state index contributed by atoms with van der Waals surface area (Å²) in [6, 6.07) is 3.88. The second-order valence-electron chi connectivity index (χ2n) is 6.65. The van der Waals surface area contributed by atoms with Crippen LogP contribution in [-0.4, -0.2) is 74.1 Å². The first-order valence-electron chi connectivity index (χ1n) is 9.48. The topological polar surface area (TPSA) is 140 Å². The largest absolute Gasteiger partial charge is 0.383 e. The Balaban J connectivity index is 1.55. The van der Waals surface area contributed by atoms with E-state index in [-0.39, 0.29) is 24.0 Å². The summed E-state index contributed by atoms with van der Waals surface area (Å²) >= 11 is 0. The third-order valence-corrected chi connectivity index (χ3v) is 4.65. The maximum absolute atomic E-state index is 12.8. The van der Waals surface area contributed by atoms with Gasteiger partial charge in [-0.15, -0.1) is 0 Å². The Bertz CT molecular complexity index is 812. The van der Waals surface area contributed by atoms with Crippen LogP contribution in [0.15, 0.2) is 18.2 Å². The number of nitrogens with zero attached hydrogens (tertiary/aromatic N) is 1. The van der Waals surface area contributed by atoms with E-state index < -0.39 is 29.7 Å². The van der Waals surface area contributed by atoms with Gasteiger partial charge in [0.25, 0.3) is 11.8 Å². The average molecular weight is 404 g/mol. The predicted octanol–water partition coefficient (Wildman–Crippen LogP) is -0.508. The summed E-state index contributed by atoms with van der Waals surface area (Å²) in [5, 5.41) is 5.30. The van der Waals surface area contributed by atoms with E-state index in [1.807, 2.05) is 0 Å². The van der Waals surface area contributed by atoms with Gasteiger partial charge in [0.2, 0.25) is 11.8 Å².